The van der Waals surface area contributed by atoms with Crippen LogP contribution in [0.2, 0.25) is 0 Å². The van der Waals surface area contributed by atoms with E-state index in [0.717, 1.165) is 11.3 Å². The Morgan fingerprint density at radius 2 is 1.78 bits per heavy atom. The van der Waals surface area contributed by atoms with Crippen molar-refractivity contribution in [2.75, 3.05) is 10.6 Å². The van der Waals surface area contributed by atoms with Crippen LogP contribution in [-0.4, -0.2) is 17.0 Å². The number of hydrogen-bond donors (Lipinski definition) is 2. The molecule has 2 aromatic carbocycles. The number of nitrogens with one attached hydrogen (secondary N) is 2. The van der Waals surface area contributed by atoms with Crippen LogP contribution in [0.15, 0.2) is 73.1 Å². The minimum absolute atomic E-state index is 0.0234. The van der Waals surface area contributed by atoms with Crippen LogP contribution >= 0.6 is 0 Å². The smallest absolute Gasteiger partial charge is 0.257 e. The highest BCUT2D eigenvalue weighted by Gasteiger charge is 2.11. The lowest BCUT2D eigenvalue weighted by Gasteiger charge is -2.15. The minimum atomic E-state index is -0.231. The van der Waals surface area contributed by atoms with Gasteiger partial charge in [-0.3, -0.25) is 9.78 Å². The van der Waals surface area contributed by atoms with Gasteiger partial charge >= 0.3 is 0 Å². The van der Waals surface area contributed by atoms with Crippen LogP contribution in [0.25, 0.3) is 0 Å². The molecule has 138 valence electrons. The van der Waals surface area contributed by atoms with Gasteiger partial charge in [0.25, 0.3) is 5.91 Å². The Balaban J connectivity index is 1.69. The van der Waals surface area contributed by atoms with E-state index in [1.165, 1.54) is 0 Å². The average molecular weight is 361 g/mol. The van der Waals surface area contributed by atoms with Gasteiger partial charge in [0, 0.05) is 18.9 Å². The number of ether oxygens (including phenoxy) is 1. The standard InChI is InChI=1S/C22H23N3O2/c1-16(2)27-21-11-7-6-10-20(21)25-22(26)18-12-19(15-23-14-18)24-13-17-8-4-3-5-9-17/h3-12,14-16,24H,13H2,1-2H3,(H,25,26). The molecule has 1 heterocycles. The van der Waals surface area contributed by atoms with E-state index in [1.807, 2.05) is 68.4 Å². The van der Waals surface area contributed by atoms with Crippen molar-refractivity contribution in [2.45, 2.75) is 26.5 Å². The molecule has 0 saturated carbocycles. The maximum absolute atomic E-state index is 12.6. The number of anilines is 2. The Hall–Kier alpha value is -3.34. The molecule has 5 heteroatoms. The summed E-state index contributed by atoms with van der Waals surface area (Å²) < 4.78 is 5.75. The monoisotopic (exact) mass is 361 g/mol. The molecule has 5 nitrogen and oxygen atoms in total. The van der Waals surface area contributed by atoms with E-state index >= 15 is 0 Å². The third kappa shape index (κ3) is 5.31. The van der Waals surface area contributed by atoms with Crippen LogP contribution in [-0.2, 0) is 6.54 Å². The summed E-state index contributed by atoms with van der Waals surface area (Å²) in [7, 11) is 0. The topological polar surface area (TPSA) is 63.2 Å². The Kier molecular flexibility index (Phi) is 6.05. The summed E-state index contributed by atoms with van der Waals surface area (Å²) >= 11 is 0. The van der Waals surface area contributed by atoms with E-state index in [9.17, 15) is 4.79 Å². The number of para-hydroxylation sites is 2. The van der Waals surface area contributed by atoms with Gasteiger partial charge in [-0.15, -0.1) is 0 Å². The van der Waals surface area contributed by atoms with Crippen molar-refractivity contribution in [3.05, 3.63) is 84.2 Å². The summed E-state index contributed by atoms with van der Waals surface area (Å²) in [6.45, 7) is 4.56. The van der Waals surface area contributed by atoms with Gasteiger partial charge < -0.3 is 15.4 Å². The van der Waals surface area contributed by atoms with Gasteiger partial charge in [0.1, 0.15) is 5.75 Å². The van der Waals surface area contributed by atoms with Gasteiger partial charge in [0.2, 0.25) is 0 Å². The van der Waals surface area contributed by atoms with Gasteiger partial charge in [0.05, 0.1) is 23.0 Å². The molecule has 0 radical (unpaired) electrons. The van der Waals surface area contributed by atoms with Crippen LogP contribution < -0.4 is 15.4 Å². The van der Waals surface area contributed by atoms with Crippen molar-refractivity contribution in [1.82, 2.24) is 4.98 Å². The molecule has 3 rings (SSSR count). The summed E-state index contributed by atoms with van der Waals surface area (Å²) in [5.41, 5.74) is 3.07. The molecule has 3 aromatic rings. The summed E-state index contributed by atoms with van der Waals surface area (Å²) in [5, 5.41) is 6.19. The van der Waals surface area contributed by atoms with Crippen LogP contribution in [0, 0.1) is 0 Å². The molecule has 0 aliphatic rings. The van der Waals surface area contributed by atoms with Gasteiger partial charge in [-0.05, 0) is 37.6 Å². The first kappa shape index (κ1) is 18.5. The third-order valence-electron chi connectivity index (χ3n) is 3.84. The van der Waals surface area contributed by atoms with E-state index in [-0.39, 0.29) is 12.0 Å². The van der Waals surface area contributed by atoms with Crippen molar-refractivity contribution in [2.24, 2.45) is 0 Å². The second kappa shape index (κ2) is 8.85. The molecular formula is C22H23N3O2. The van der Waals surface area contributed by atoms with Crippen molar-refractivity contribution < 1.29 is 9.53 Å². The molecule has 0 spiro atoms. The number of carbonyl (C=O) groups is 1. The normalized spacial score (nSPS) is 10.5. The van der Waals surface area contributed by atoms with Gasteiger partial charge in [-0.1, -0.05) is 42.5 Å². The Morgan fingerprint density at radius 1 is 1.04 bits per heavy atom. The summed E-state index contributed by atoms with van der Waals surface area (Å²) in [6, 6.07) is 19.2. The molecule has 0 saturated heterocycles. The molecule has 0 unspecified atom stereocenters. The van der Waals surface area contributed by atoms with Gasteiger partial charge in [0.15, 0.2) is 0 Å². The van der Waals surface area contributed by atoms with Crippen LogP contribution in [0.4, 0.5) is 11.4 Å². The molecule has 0 aliphatic carbocycles. The SMILES string of the molecule is CC(C)Oc1ccccc1NC(=O)c1cncc(NCc2ccccc2)c1. The van der Waals surface area contributed by atoms with Crippen LogP contribution in [0.3, 0.4) is 0 Å². The summed E-state index contributed by atoms with van der Waals surface area (Å²) in [6.07, 6.45) is 3.28. The zero-order valence-corrected chi connectivity index (χ0v) is 15.5. The number of carbonyl (C=O) groups excluding carboxylic acids is 1. The largest absolute Gasteiger partial charge is 0.489 e. The Bertz CT molecular complexity index is 895. The molecule has 1 aromatic heterocycles. The number of amides is 1. The predicted octanol–water partition coefficient (Wildman–Crippen LogP) is 4.73. The van der Waals surface area contributed by atoms with Crippen molar-refractivity contribution in [1.29, 1.82) is 0 Å². The van der Waals surface area contributed by atoms with Crippen molar-refractivity contribution in [3.63, 3.8) is 0 Å². The van der Waals surface area contributed by atoms with Crippen molar-refractivity contribution >= 4 is 17.3 Å². The van der Waals surface area contributed by atoms with Crippen LogP contribution in [0.1, 0.15) is 29.8 Å². The average Bonchev–Trinajstić information content (AvgIpc) is 2.68. The molecule has 0 bridgehead atoms. The molecule has 2 N–H and O–H groups in total. The number of benzene rings is 2. The Labute approximate surface area is 159 Å². The second-order valence-corrected chi connectivity index (χ2v) is 6.42. The molecule has 27 heavy (non-hydrogen) atoms. The van der Waals surface area contributed by atoms with Gasteiger partial charge in [-0.2, -0.15) is 0 Å². The first-order chi connectivity index (χ1) is 13.1. The summed E-state index contributed by atoms with van der Waals surface area (Å²) in [5.74, 6) is 0.415. The van der Waals surface area contributed by atoms with E-state index < -0.39 is 0 Å². The number of hydrogen-bond acceptors (Lipinski definition) is 4. The van der Waals surface area contributed by atoms with Gasteiger partial charge in [-0.25, -0.2) is 0 Å². The molecule has 0 fully saturated rings. The van der Waals surface area contributed by atoms with Crippen molar-refractivity contribution in [3.8, 4) is 5.75 Å². The molecule has 1 amide bonds. The number of pyridine rings is 1. The quantitative estimate of drug-likeness (QED) is 0.638. The number of rotatable bonds is 7. The number of nitrogens with zero attached hydrogens (tertiary/aromatic N) is 1. The highest BCUT2D eigenvalue weighted by Crippen LogP contribution is 2.25. The first-order valence-electron chi connectivity index (χ1n) is 8.91. The Morgan fingerprint density at radius 3 is 2.56 bits per heavy atom. The summed E-state index contributed by atoms with van der Waals surface area (Å²) in [4.78, 5) is 16.8. The highest BCUT2D eigenvalue weighted by atomic mass is 16.5. The lowest BCUT2D eigenvalue weighted by molar-refractivity contribution is 0.102. The van der Waals surface area contributed by atoms with E-state index in [1.54, 1.807) is 18.5 Å². The van der Waals surface area contributed by atoms with E-state index in [2.05, 4.69) is 15.6 Å². The fourth-order valence-corrected chi connectivity index (χ4v) is 2.58. The molecule has 0 atom stereocenters. The fraction of sp³-hybridized carbons (Fsp3) is 0.182. The number of aromatic nitrogens is 1. The molecular weight excluding hydrogens is 338 g/mol. The van der Waals surface area contributed by atoms with Crippen LogP contribution in [0.5, 0.6) is 5.75 Å². The zero-order valence-electron chi connectivity index (χ0n) is 15.5. The van der Waals surface area contributed by atoms with E-state index in [0.29, 0.717) is 23.5 Å². The second-order valence-electron chi connectivity index (χ2n) is 6.42. The highest BCUT2D eigenvalue weighted by molar-refractivity contribution is 6.05. The lowest BCUT2D eigenvalue weighted by Crippen LogP contribution is -2.15. The fourth-order valence-electron chi connectivity index (χ4n) is 2.58. The molecule has 0 aliphatic heterocycles. The first-order valence-corrected chi connectivity index (χ1v) is 8.91. The zero-order chi connectivity index (χ0) is 19.1. The lowest BCUT2D eigenvalue weighted by atomic mass is 10.2. The van der Waals surface area contributed by atoms with E-state index in [4.69, 9.17) is 4.74 Å². The maximum Gasteiger partial charge on any atom is 0.257 e. The third-order valence-corrected chi connectivity index (χ3v) is 3.84. The maximum atomic E-state index is 12.6. The predicted molar refractivity (Wildman–Crippen MR) is 108 cm³/mol. The minimum Gasteiger partial charge on any atom is -0.489 e.